The number of carbonyl (C=O) groups is 1. The van der Waals surface area contributed by atoms with Crippen LogP contribution in [0.3, 0.4) is 0 Å². The normalized spacial score (nSPS) is 12.5. The first-order valence-electron chi connectivity index (χ1n) is 9.33. The second kappa shape index (κ2) is 8.88. The Bertz CT molecular complexity index is 1270. The van der Waals surface area contributed by atoms with E-state index >= 15 is 0 Å². The maximum atomic E-state index is 12.9. The molecule has 0 saturated carbocycles. The third-order valence-electron chi connectivity index (χ3n) is 4.50. The molecule has 33 heavy (non-hydrogen) atoms. The standard InChI is InChI=1S/C20H16F3N7O2S/c1-11(16-27-10-28-30(16)18-26-8-15(7-24)33-18)29-17(31)12-4-13(19(2,3)9-25)6-14(5-12)32-20(21,22)23/h4-6,8,10-11H,1-3H3,(H,29,31)/t11-/m0/s1. The molecule has 2 aromatic heterocycles. The Morgan fingerprint density at radius 3 is 2.58 bits per heavy atom. The highest BCUT2D eigenvalue weighted by Crippen LogP contribution is 2.31. The molecule has 3 aromatic rings. The first-order valence-corrected chi connectivity index (χ1v) is 10.1. The van der Waals surface area contributed by atoms with Crippen LogP contribution >= 0.6 is 11.3 Å². The first kappa shape index (κ1) is 23.7. The summed E-state index contributed by atoms with van der Waals surface area (Å²) in [5.74, 6) is -1.03. The lowest BCUT2D eigenvalue weighted by molar-refractivity contribution is -0.274. The molecule has 0 saturated heterocycles. The molecule has 0 radical (unpaired) electrons. The maximum absolute atomic E-state index is 12.9. The van der Waals surface area contributed by atoms with E-state index in [4.69, 9.17) is 5.26 Å². The Morgan fingerprint density at radius 1 is 1.24 bits per heavy atom. The van der Waals surface area contributed by atoms with Crippen molar-refractivity contribution < 1.29 is 22.7 Å². The fraction of sp³-hybridized carbons (Fsp3) is 0.300. The molecule has 0 aliphatic rings. The molecule has 0 fully saturated rings. The van der Waals surface area contributed by atoms with E-state index in [-0.39, 0.29) is 11.1 Å². The Balaban J connectivity index is 1.91. The van der Waals surface area contributed by atoms with Crippen molar-refractivity contribution in [3.63, 3.8) is 0 Å². The molecule has 1 atom stereocenters. The summed E-state index contributed by atoms with van der Waals surface area (Å²) in [6.45, 7) is 4.62. The zero-order valence-corrected chi connectivity index (χ0v) is 18.3. The fourth-order valence-corrected chi connectivity index (χ4v) is 3.48. The lowest BCUT2D eigenvalue weighted by Gasteiger charge is -2.20. The maximum Gasteiger partial charge on any atom is 0.573 e. The van der Waals surface area contributed by atoms with Gasteiger partial charge in [0.2, 0.25) is 5.13 Å². The number of rotatable bonds is 6. The van der Waals surface area contributed by atoms with Gasteiger partial charge in [0.25, 0.3) is 5.91 Å². The van der Waals surface area contributed by atoms with Gasteiger partial charge in [0.1, 0.15) is 23.0 Å². The molecular weight excluding hydrogens is 459 g/mol. The Hall–Kier alpha value is -3.97. The number of nitrogens with one attached hydrogen (secondary N) is 1. The van der Waals surface area contributed by atoms with Crippen molar-refractivity contribution >= 4 is 17.2 Å². The van der Waals surface area contributed by atoms with Gasteiger partial charge >= 0.3 is 6.36 Å². The van der Waals surface area contributed by atoms with Gasteiger partial charge in [0, 0.05) is 5.56 Å². The van der Waals surface area contributed by atoms with Gasteiger partial charge in [-0.2, -0.15) is 20.3 Å². The minimum atomic E-state index is -4.97. The van der Waals surface area contributed by atoms with Crippen molar-refractivity contribution in [3.8, 4) is 23.0 Å². The van der Waals surface area contributed by atoms with Gasteiger partial charge in [-0.1, -0.05) is 11.3 Å². The number of benzene rings is 1. The number of carbonyl (C=O) groups excluding carboxylic acids is 1. The van der Waals surface area contributed by atoms with Gasteiger partial charge in [0.05, 0.1) is 23.7 Å². The van der Waals surface area contributed by atoms with Crippen molar-refractivity contribution in [1.29, 1.82) is 10.5 Å². The molecule has 9 nitrogen and oxygen atoms in total. The molecule has 13 heteroatoms. The number of nitriles is 2. The largest absolute Gasteiger partial charge is 0.573 e. The molecule has 1 aromatic carbocycles. The monoisotopic (exact) mass is 475 g/mol. The van der Waals surface area contributed by atoms with Gasteiger partial charge in [-0.15, -0.1) is 13.2 Å². The summed E-state index contributed by atoms with van der Waals surface area (Å²) in [6, 6.07) is 6.57. The highest BCUT2D eigenvalue weighted by molar-refractivity contribution is 7.14. The van der Waals surface area contributed by atoms with Crippen LogP contribution < -0.4 is 10.1 Å². The van der Waals surface area contributed by atoms with Crippen LogP contribution in [-0.4, -0.2) is 32.0 Å². The van der Waals surface area contributed by atoms with Crippen molar-refractivity contribution in [2.24, 2.45) is 0 Å². The highest BCUT2D eigenvalue weighted by atomic mass is 32.1. The topological polar surface area (TPSA) is 130 Å². The summed E-state index contributed by atoms with van der Waals surface area (Å²) < 4.78 is 43.7. The molecule has 0 unspecified atom stereocenters. The molecule has 0 aliphatic carbocycles. The molecule has 0 aliphatic heterocycles. The Kier molecular flexibility index (Phi) is 6.37. The smallest absolute Gasteiger partial charge is 0.406 e. The van der Waals surface area contributed by atoms with Crippen molar-refractivity contribution in [1.82, 2.24) is 25.1 Å². The molecule has 170 valence electrons. The fourth-order valence-electron chi connectivity index (χ4n) is 2.80. The number of alkyl halides is 3. The van der Waals surface area contributed by atoms with Crippen molar-refractivity contribution in [3.05, 3.63) is 52.6 Å². The molecule has 2 heterocycles. The van der Waals surface area contributed by atoms with Crippen LogP contribution in [0.2, 0.25) is 0 Å². The average Bonchev–Trinajstić information content (AvgIpc) is 3.41. The SMILES string of the molecule is C[C@H](NC(=O)c1cc(OC(F)(F)F)cc(C(C)(C)C#N)c1)c1ncnn1-c1ncc(C#N)s1. The van der Waals surface area contributed by atoms with E-state index in [2.05, 4.69) is 25.1 Å². The van der Waals surface area contributed by atoms with Crippen LogP contribution in [0.25, 0.3) is 5.13 Å². The van der Waals surface area contributed by atoms with Crippen LogP contribution in [-0.2, 0) is 5.41 Å². The van der Waals surface area contributed by atoms with Crippen molar-refractivity contribution in [2.45, 2.75) is 38.6 Å². The summed E-state index contributed by atoms with van der Waals surface area (Å²) in [4.78, 5) is 21.5. The zero-order chi connectivity index (χ0) is 24.4. The van der Waals surface area contributed by atoms with Crippen LogP contribution in [0.5, 0.6) is 5.75 Å². The lowest BCUT2D eigenvalue weighted by Crippen LogP contribution is -2.29. The van der Waals surface area contributed by atoms with E-state index in [1.54, 1.807) is 6.92 Å². The number of hydrogen-bond acceptors (Lipinski definition) is 8. The van der Waals surface area contributed by atoms with E-state index in [9.17, 15) is 23.2 Å². The van der Waals surface area contributed by atoms with E-state index < -0.39 is 29.5 Å². The second-order valence-corrected chi connectivity index (χ2v) is 8.38. The molecule has 0 bridgehead atoms. The highest BCUT2D eigenvalue weighted by Gasteiger charge is 2.33. The van der Waals surface area contributed by atoms with E-state index in [1.165, 1.54) is 37.1 Å². The summed E-state index contributed by atoms with van der Waals surface area (Å²) >= 11 is 1.07. The first-order chi connectivity index (χ1) is 15.4. The third-order valence-corrected chi connectivity index (χ3v) is 5.37. The number of ether oxygens (including phenoxy) is 1. The number of amides is 1. The van der Waals surface area contributed by atoms with Crippen LogP contribution in [0.1, 0.15) is 53.4 Å². The quantitative estimate of drug-likeness (QED) is 0.574. The zero-order valence-electron chi connectivity index (χ0n) is 17.5. The Labute approximate surface area is 190 Å². The van der Waals surface area contributed by atoms with Crippen LogP contribution in [0.15, 0.2) is 30.7 Å². The van der Waals surface area contributed by atoms with E-state index in [0.717, 1.165) is 23.5 Å². The summed E-state index contributed by atoms with van der Waals surface area (Å²) in [5.41, 5.74) is -1.12. The average molecular weight is 475 g/mol. The molecule has 0 spiro atoms. The van der Waals surface area contributed by atoms with Gasteiger partial charge in [-0.05, 0) is 44.5 Å². The van der Waals surface area contributed by atoms with Gasteiger partial charge < -0.3 is 10.1 Å². The predicted octanol–water partition coefficient (Wildman–Crippen LogP) is 3.79. The van der Waals surface area contributed by atoms with Crippen molar-refractivity contribution in [2.75, 3.05) is 0 Å². The number of hydrogen-bond donors (Lipinski definition) is 1. The second-order valence-electron chi connectivity index (χ2n) is 7.37. The number of halogens is 3. The summed E-state index contributed by atoms with van der Waals surface area (Å²) in [7, 11) is 0. The predicted molar refractivity (Wildman–Crippen MR) is 109 cm³/mol. The minimum absolute atomic E-state index is 0.131. The minimum Gasteiger partial charge on any atom is -0.406 e. The third kappa shape index (κ3) is 5.45. The summed E-state index contributed by atoms with van der Waals surface area (Å²) in [5, 5.41) is 25.4. The number of thiazole rings is 1. The number of nitrogens with zero attached hydrogens (tertiary/aromatic N) is 6. The van der Waals surface area contributed by atoms with Crippen LogP contribution in [0.4, 0.5) is 13.2 Å². The Morgan fingerprint density at radius 2 is 1.97 bits per heavy atom. The number of aromatic nitrogens is 4. The van der Waals surface area contributed by atoms with Crippen LogP contribution in [0, 0.1) is 22.7 Å². The van der Waals surface area contributed by atoms with Gasteiger partial charge in [0.15, 0.2) is 5.82 Å². The molecule has 1 N–H and O–H groups in total. The summed E-state index contributed by atoms with van der Waals surface area (Å²) in [6.07, 6.45) is -2.35. The van der Waals surface area contributed by atoms with Gasteiger partial charge in [-0.25, -0.2) is 9.97 Å². The molecule has 3 rings (SSSR count). The van der Waals surface area contributed by atoms with E-state index in [1.807, 2.05) is 12.1 Å². The molecule has 1 amide bonds. The molecular formula is C20H16F3N7O2S. The lowest BCUT2D eigenvalue weighted by atomic mass is 9.85. The van der Waals surface area contributed by atoms with E-state index in [0.29, 0.717) is 15.8 Å². The van der Waals surface area contributed by atoms with Gasteiger partial charge in [-0.3, -0.25) is 4.79 Å².